The molecule has 15 heavy (non-hydrogen) atoms. The van der Waals surface area contributed by atoms with Gasteiger partial charge in [-0.1, -0.05) is 0 Å². The number of nitrogens with two attached hydrogens (primary N) is 1. The molecule has 82 valence electrons. The van der Waals surface area contributed by atoms with Gasteiger partial charge in [-0.15, -0.1) is 0 Å². The zero-order chi connectivity index (χ0) is 10.7. The fourth-order valence-electron chi connectivity index (χ4n) is 3.17. The quantitative estimate of drug-likeness (QED) is 0.631. The Morgan fingerprint density at radius 3 is 2.80 bits per heavy atom. The molecule has 4 nitrogen and oxygen atoms in total. The Morgan fingerprint density at radius 2 is 2.20 bits per heavy atom. The van der Waals surface area contributed by atoms with E-state index in [2.05, 4.69) is 10.2 Å². The number of hydrogen-bond donors (Lipinski definition) is 3. The van der Waals surface area contributed by atoms with Gasteiger partial charge in [-0.25, -0.2) is 0 Å². The number of aliphatic hydroxyl groups is 1. The van der Waals surface area contributed by atoms with Gasteiger partial charge in [0.25, 0.3) is 0 Å². The van der Waals surface area contributed by atoms with Gasteiger partial charge in [0.1, 0.15) is 5.60 Å². The van der Waals surface area contributed by atoms with Crippen molar-refractivity contribution >= 4 is 0 Å². The van der Waals surface area contributed by atoms with Crippen molar-refractivity contribution in [2.75, 3.05) is 6.54 Å². The van der Waals surface area contributed by atoms with E-state index in [1.54, 1.807) is 0 Å². The predicted octanol–water partition coefficient (Wildman–Crippen LogP) is 0.591. The van der Waals surface area contributed by atoms with Gasteiger partial charge in [0, 0.05) is 23.2 Å². The van der Waals surface area contributed by atoms with Crippen LogP contribution < -0.4 is 5.73 Å². The highest BCUT2D eigenvalue weighted by atomic mass is 16.3. The van der Waals surface area contributed by atoms with Crippen molar-refractivity contribution in [1.82, 2.24) is 10.2 Å². The van der Waals surface area contributed by atoms with Crippen LogP contribution in [0.4, 0.5) is 0 Å². The van der Waals surface area contributed by atoms with Gasteiger partial charge in [-0.05, 0) is 32.6 Å². The van der Waals surface area contributed by atoms with Gasteiger partial charge in [0.05, 0.1) is 5.69 Å². The maximum atomic E-state index is 10.8. The molecule has 0 saturated heterocycles. The molecule has 0 amide bonds. The van der Waals surface area contributed by atoms with E-state index in [0.29, 0.717) is 6.54 Å². The number of aromatic amines is 1. The minimum atomic E-state index is -0.836. The van der Waals surface area contributed by atoms with E-state index in [0.717, 1.165) is 42.6 Å². The lowest BCUT2D eigenvalue weighted by Gasteiger charge is -2.40. The number of rotatable bonds is 1. The van der Waals surface area contributed by atoms with Crippen LogP contribution >= 0.6 is 0 Å². The summed E-state index contributed by atoms with van der Waals surface area (Å²) in [5.74, 6) is 0. The first-order valence-electron chi connectivity index (χ1n) is 5.60. The highest BCUT2D eigenvalue weighted by Gasteiger charge is 2.61. The van der Waals surface area contributed by atoms with Crippen LogP contribution in [0.25, 0.3) is 0 Å². The van der Waals surface area contributed by atoms with Crippen molar-refractivity contribution in [3.8, 4) is 0 Å². The summed E-state index contributed by atoms with van der Waals surface area (Å²) in [5.41, 5.74) is 8.00. The number of nitrogens with zero attached hydrogens (tertiary/aromatic N) is 1. The SMILES string of the molecule is Cc1[nH]nc2c1C(O)(CN)C1(CC2)CC1. The predicted molar refractivity (Wildman–Crippen MR) is 56.3 cm³/mol. The molecule has 1 unspecified atom stereocenters. The lowest BCUT2D eigenvalue weighted by molar-refractivity contribution is -0.0426. The van der Waals surface area contributed by atoms with Gasteiger partial charge < -0.3 is 10.8 Å². The zero-order valence-electron chi connectivity index (χ0n) is 9.01. The molecule has 2 aliphatic carbocycles. The maximum absolute atomic E-state index is 10.8. The highest BCUT2D eigenvalue weighted by molar-refractivity contribution is 5.39. The Kier molecular flexibility index (Phi) is 1.64. The monoisotopic (exact) mass is 207 g/mol. The van der Waals surface area contributed by atoms with Crippen LogP contribution in [0.3, 0.4) is 0 Å². The number of hydrogen-bond acceptors (Lipinski definition) is 3. The fourth-order valence-corrected chi connectivity index (χ4v) is 3.17. The summed E-state index contributed by atoms with van der Waals surface area (Å²) < 4.78 is 0. The van der Waals surface area contributed by atoms with Crippen LogP contribution in [0.1, 0.15) is 36.2 Å². The summed E-state index contributed by atoms with van der Waals surface area (Å²) in [6.07, 6.45) is 4.20. The van der Waals surface area contributed by atoms with Gasteiger partial charge in [0.2, 0.25) is 0 Å². The van der Waals surface area contributed by atoms with Gasteiger partial charge in [-0.2, -0.15) is 5.10 Å². The molecule has 1 saturated carbocycles. The lowest BCUT2D eigenvalue weighted by atomic mass is 9.70. The van der Waals surface area contributed by atoms with Crippen molar-refractivity contribution in [3.05, 3.63) is 17.0 Å². The van der Waals surface area contributed by atoms with Crippen molar-refractivity contribution < 1.29 is 5.11 Å². The second-order valence-corrected chi connectivity index (χ2v) is 5.02. The molecule has 0 aliphatic heterocycles. The van der Waals surface area contributed by atoms with Crippen LogP contribution in [0.5, 0.6) is 0 Å². The second-order valence-electron chi connectivity index (χ2n) is 5.02. The average Bonchev–Trinajstić information content (AvgIpc) is 2.93. The molecule has 1 aromatic rings. The molecule has 1 fully saturated rings. The number of H-pyrrole nitrogens is 1. The van der Waals surface area contributed by atoms with Crippen molar-refractivity contribution in [2.24, 2.45) is 11.1 Å². The first kappa shape index (κ1) is 9.36. The molecular formula is C11H17N3O. The first-order chi connectivity index (χ1) is 7.13. The van der Waals surface area contributed by atoms with Crippen molar-refractivity contribution in [2.45, 2.75) is 38.2 Å². The molecule has 1 heterocycles. The molecule has 1 aromatic heterocycles. The lowest BCUT2D eigenvalue weighted by Crippen LogP contribution is -2.47. The van der Waals surface area contributed by atoms with Crippen LogP contribution in [0.15, 0.2) is 0 Å². The molecular weight excluding hydrogens is 190 g/mol. The molecule has 3 rings (SSSR count). The minimum absolute atomic E-state index is 0.0589. The van der Waals surface area contributed by atoms with E-state index in [4.69, 9.17) is 5.73 Å². The van der Waals surface area contributed by atoms with E-state index >= 15 is 0 Å². The largest absolute Gasteiger partial charge is 0.383 e. The molecule has 4 heteroatoms. The van der Waals surface area contributed by atoms with Crippen LogP contribution in [0.2, 0.25) is 0 Å². The number of aryl methyl sites for hydroxylation is 2. The molecule has 0 radical (unpaired) electrons. The third-order valence-electron chi connectivity index (χ3n) is 4.30. The maximum Gasteiger partial charge on any atom is 0.111 e. The number of nitrogens with one attached hydrogen (secondary N) is 1. The Morgan fingerprint density at radius 1 is 1.47 bits per heavy atom. The van der Waals surface area contributed by atoms with E-state index < -0.39 is 5.60 Å². The second kappa shape index (κ2) is 2.62. The van der Waals surface area contributed by atoms with E-state index in [-0.39, 0.29) is 5.41 Å². The van der Waals surface area contributed by atoms with Gasteiger partial charge in [0.15, 0.2) is 0 Å². The molecule has 2 aliphatic rings. The van der Waals surface area contributed by atoms with Gasteiger partial charge >= 0.3 is 0 Å². The van der Waals surface area contributed by atoms with Crippen molar-refractivity contribution in [3.63, 3.8) is 0 Å². The Hall–Kier alpha value is -0.870. The Bertz CT molecular complexity index is 408. The van der Waals surface area contributed by atoms with Crippen LogP contribution in [0, 0.1) is 12.3 Å². The highest BCUT2D eigenvalue weighted by Crippen LogP contribution is 2.63. The summed E-state index contributed by atoms with van der Waals surface area (Å²) in [7, 11) is 0. The summed E-state index contributed by atoms with van der Waals surface area (Å²) in [6.45, 7) is 2.27. The topological polar surface area (TPSA) is 74.9 Å². The van der Waals surface area contributed by atoms with Gasteiger partial charge in [-0.3, -0.25) is 5.10 Å². The van der Waals surface area contributed by atoms with E-state index in [1.807, 2.05) is 6.92 Å². The summed E-state index contributed by atoms with van der Waals surface area (Å²) >= 11 is 0. The summed E-state index contributed by atoms with van der Waals surface area (Å²) in [4.78, 5) is 0. The Labute approximate surface area is 88.9 Å². The number of aromatic nitrogens is 2. The molecule has 1 atom stereocenters. The third-order valence-corrected chi connectivity index (χ3v) is 4.30. The fraction of sp³-hybridized carbons (Fsp3) is 0.727. The number of fused-ring (bicyclic) bond motifs is 1. The average molecular weight is 207 g/mol. The van der Waals surface area contributed by atoms with Crippen LogP contribution in [-0.4, -0.2) is 21.8 Å². The summed E-state index contributed by atoms with van der Waals surface area (Å²) in [6, 6.07) is 0. The zero-order valence-corrected chi connectivity index (χ0v) is 9.01. The summed E-state index contributed by atoms with van der Waals surface area (Å²) in [5, 5.41) is 18.0. The van der Waals surface area contributed by atoms with E-state index in [1.165, 1.54) is 0 Å². The molecule has 4 N–H and O–H groups in total. The Balaban J connectivity index is 2.19. The normalized spacial score (nSPS) is 31.7. The van der Waals surface area contributed by atoms with E-state index in [9.17, 15) is 5.11 Å². The smallest absolute Gasteiger partial charge is 0.111 e. The van der Waals surface area contributed by atoms with Crippen molar-refractivity contribution in [1.29, 1.82) is 0 Å². The molecule has 0 bridgehead atoms. The molecule has 1 spiro atoms. The molecule has 0 aromatic carbocycles. The van der Waals surface area contributed by atoms with Crippen LogP contribution in [-0.2, 0) is 12.0 Å². The third kappa shape index (κ3) is 0.961. The first-order valence-corrected chi connectivity index (χ1v) is 5.60. The standard InChI is InChI=1S/C11H17N3O/c1-7-9-8(14-13-7)2-3-10(4-5-10)11(9,15)6-12/h15H,2-6,12H2,1H3,(H,13,14). The minimum Gasteiger partial charge on any atom is -0.383 e.